The first-order chi connectivity index (χ1) is 8.60. The van der Waals surface area contributed by atoms with Crippen LogP contribution in [0.1, 0.15) is 5.56 Å². The highest BCUT2D eigenvalue weighted by molar-refractivity contribution is 9.10. The SMILES string of the molecule is N#Cc1cc(Br)ccc1Oc1cc(Cl)ccc1Cl. The first-order valence-corrected chi connectivity index (χ1v) is 6.47. The van der Waals surface area contributed by atoms with Crippen LogP contribution in [0.25, 0.3) is 0 Å². The van der Waals surface area contributed by atoms with Gasteiger partial charge < -0.3 is 4.74 Å². The van der Waals surface area contributed by atoms with E-state index in [-0.39, 0.29) is 0 Å². The van der Waals surface area contributed by atoms with Crippen molar-refractivity contribution in [3.63, 3.8) is 0 Å². The molecule has 0 aromatic heterocycles. The van der Waals surface area contributed by atoms with Crippen molar-refractivity contribution in [1.82, 2.24) is 0 Å². The smallest absolute Gasteiger partial charge is 0.147 e. The van der Waals surface area contributed by atoms with Gasteiger partial charge in [-0.1, -0.05) is 39.1 Å². The maximum atomic E-state index is 9.03. The second-order valence-electron chi connectivity index (χ2n) is 3.43. The molecule has 18 heavy (non-hydrogen) atoms. The zero-order valence-corrected chi connectivity index (χ0v) is 12.1. The summed E-state index contributed by atoms with van der Waals surface area (Å²) in [4.78, 5) is 0. The molecule has 2 aromatic rings. The van der Waals surface area contributed by atoms with Crippen molar-refractivity contribution in [2.45, 2.75) is 0 Å². The molecular weight excluding hydrogens is 337 g/mol. The summed E-state index contributed by atoms with van der Waals surface area (Å²) in [7, 11) is 0. The van der Waals surface area contributed by atoms with Crippen molar-refractivity contribution in [3.05, 3.63) is 56.5 Å². The van der Waals surface area contributed by atoms with Crippen LogP contribution in [0.4, 0.5) is 0 Å². The summed E-state index contributed by atoms with van der Waals surface area (Å²) in [5, 5.41) is 9.99. The van der Waals surface area contributed by atoms with E-state index in [0.29, 0.717) is 27.1 Å². The number of hydrogen-bond acceptors (Lipinski definition) is 2. The first-order valence-electron chi connectivity index (χ1n) is 4.92. The lowest BCUT2D eigenvalue weighted by Gasteiger charge is -2.09. The standard InChI is InChI=1S/C13H6BrCl2NO/c14-9-1-4-12(8(5-9)7-17)18-13-6-10(15)2-3-11(13)16/h1-6H. The number of nitrogens with zero attached hydrogens (tertiary/aromatic N) is 1. The molecule has 0 amide bonds. The molecular formula is C13H6BrCl2NO. The maximum Gasteiger partial charge on any atom is 0.147 e. The van der Waals surface area contributed by atoms with Gasteiger partial charge >= 0.3 is 0 Å². The predicted octanol–water partition coefficient (Wildman–Crippen LogP) is 5.42. The molecule has 0 unspecified atom stereocenters. The van der Waals surface area contributed by atoms with Crippen LogP contribution >= 0.6 is 39.1 Å². The third-order valence-corrected chi connectivity index (χ3v) is 3.22. The minimum Gasteiger partial charge on any atom is -0.454 e. The van der Waals surface area contributed by atoms with Gasteiger partial charge in [0.15, 0.2) is 0 Å². The van der Waals surface area contributed by atoms with E-state index in [1.807, 2.05) is 0 Å². The molecule has 90 valence electrons. The lowest BCUT2D eigenvalue weighted by atomic mass is 10.2. The van der Waals surface area contributed by atoms with Gasteiger partial charge in [0, 0.05) is 15.6 Å². The van der Waals surface area contributed by atoms with Gasteiger partial charge in [0.1, 0.15) is 17.6 Å². The van der Waals surface area contributed by atoms with E-state index in [9.17, 15) is 0 Å². The highest BCUT2D eigenvalue weighted by atomic mass is 79.9. The van der Waals surface area contributed by atoms with Gasteiger partial charge in [-0.15, -0.1) is 0 Å². The monoisotopic (exact) mass is 341 g/mol. The Kier molecular flexibility index (Phi) is 4.13. The molecule has 2 aromatic carbocycles. The van der Waals surface area contributed by atoms with E-state index in [1.165, 1.54) is 0 Å². The number of benzene rings is 2. The number of ether oxygens (including phenoxy) is 1. The summed E-state index contributed by atoms with van der Waals surface area (Å²) < 4.78 is 6.42. The molecule has 5 heteroatoms. The number of rotatable bonds is 2. The average molecular weight is 343 g/mol. The van der Waals surface area contributed by atoms with E-state index in [1.54, 1.807) is 36.4 Å². The van der Waals surface area contributed by atoms with Crippen LogP contribution in [0.3, 0.4) is 0 Å². The lowest BCUT2D eigenvalue weighted by molar-refractivity contribution is 0.481. The van der Waals surface area contributed by atoms with Crippen molar-refractivity contribution in [3.8, 4) is 17.6 Å². The molecule has 0 aliphatic carbocycles. The van der Waals surface area contributed by atoms with Crippen LogP contribution in [0.2, 0.25) is 10.0 Å². The Labute approximate surface area is 123 Å². The van der Waals surface area contributed by atoms with Gasteiger partial charge in [-0.3, -0.25) is 0 Å². The third kappa shape index (κ3) is 2.97. The van der Waals surface area contributed by atoms with Gasteiger partial charge in [0.05, 0.1) is 10.6 Å². The van der Waals surface area contributed by atoms with Crippen molar-refractivity contribution >= 4 is 39.1 Å². The number of nitriles is 1. The van der Waals surface area contributed by atoms with Crippen molar-refractivity contribution < 1.29 is 4.74 Å². The summed E-state index contributed by atoms with van der Waals surface area (Å²) in [6, 6.07) is 12.1. The Morgan fingerprint density at radius 2 is 1.83 bits per heavy atom. The first kappa shape index (κ1) is 13.2. The molecule has 0 spiro atoms. The molecule has 0 saturated heterocycles. The Bertz CT molecular complexity index is 637. The summed E-state index contributed by atoms with van der Waals surface area (Å²) in [5.41, 5.74) is 0.417. The van der Waals surface area contributed by atoms with Gasteiger partial charge in [-0.05, 0) is 30.3 Å². The summed E-state index contributed by atoms with van der Waals surface area (Å²) in [6.07, 6.45) is 0. The summed E-state index contributed by atoms with van der Waals surface area (Å²) >= 11 is 15.2. The van der Waals surface area contributed by atoms with Gasteiger partial charge in [0.25, 0.3) is 0 Å². The molecule has 0 aliphatic rings. The zero-order valence-electron chi connectivity index (χ0n) is 8.95. The molecule has 0 saturated carbocycles. The predicted molar refractivity (Wildman–Crippen MR) is 75.4 cm³/mol. The van der Waals surface area contributed by atoms with Gasteiger partial charge in [-0.2, -0.15) is 5.26 Å². The van der Waals surface area contributed by atoms with Crippen molar-refractivity contribution in [1.29, 1.82) is 5.26 Å². The summed E-state index contributed by atoms with van der Waals surface area (Å²) in [6.45, 7) is 0. The molecule has 0 atom stereocenters. The Hall–Kier alpha value is -1.21. The second kappa shape index (κ2) is 5.62. The zero-order chi connectivity index (χ0) is 13.1. The van der Waals surface area contributed by atoms with Crippen LogP contribution < -0.4 is 4.74 Å². The van der Waals surface area contributed by atoms with Crippen molar-refractivity contribution in [2.75, 3.05) is 0 Å². The highest BCUT2D eigenvalue weighted by Gasteiger charge is 2.08. The third-order valence-electron chi connectivity index (χ3n) is 2.18. The van der Waals surface area contributed by atoms with E-state index < -0.39 is 0 Å². The molecule has 0 N–H and O–H groups in total. The van der Waals surface area contributed by atoms with Crippen LogP contribution in [0, 0.1) is 11.3 Å². The minimum atomic E-state index is 0.417. The van der Waals surface area contributed by atoms with Gasteiger partial charge in [0.2, 0.25) is 0 Å². The average Bonchev–Trinajstić information content (AvgIpc) is 2.36. The fourth-order valence-electron chi connectivity index (χ4n) is 1.35. The largest absolute Gasteiger partial charge is 0.454 e. The van der Waals surface area contributed by atoms with E-state index in [2.05, 4.69) is 22.0 Å². The molecule has 0 heterocycles. The molecule has 2 nitrogen and oxygen atoms in total. The van der Waals surface area contributed by atoms with E-state index in [4.69, 9.17) is 33.2 Å². The minimum absolute atomic E-state index is 0.417. The Morgan fingerprint density at radius 3 is 2.56 bits per heavy atom. The number of halogens is 3. The van der Waals surface area contributed by atoms with Crippen molar-refractivity contribution in [2.24, 2.45) is 0 Å². The topological polar surface area (TPSA) is 33.0 Å². The normalized spacial score (nSPS) is 9.89. The molecule has 0 radical (unpaired) electrons. The van der Waals surface area contributed by atoms with E-state index >= 15 is 0 Å². The fourth-order valence-corrected chi connectivity index (χ4v) is 2.03. The van der Waals surface area contributed by atoms with Gasteiger partial charge in [-0.25, -0.2) is 0 Å². The molecule has 0 fully saturated rings. The number of hydrogen-bond donors (Lipinski definition) is 0. The molecule has 0 bridgehead atoms. The van der Waals surface area contributed by atoms with Crippen LogP contribution in [-0.2, 0) is 0 Å². The molecule has 0 aliphatic heterocycles. The quantitative estimate of drug-likeness (QED) is 0.730. The molecule has 2 rings (SSSR count). The van der Waals surface area contributed by atoms with E-state index in [0.717, 1.165) is 4.47 Å². The van der Waals surface area contributed by atoms with Crippen LogP contribution in [-0.4, -0.2) is 0 Å². The Balaban J connectivity index is 2.40. The van der Waals surface area contributed by atoms with Crippen LogP contribution in [0.15, 0.2) is 40.9 Å². The summed E-state index contributed by atoms with van der Waals surface area (Å²) in [5.74, 6) is 0.854. The highest BCUT2D eigenvalue weighted by Crippen LogP contribution is 2.34. The maximum absolute atomic E-state index is 9.03. The van der Waals surface area contributed by atoms with Crippen LogP contribution in [0.5, 0.6) is 11.5 Å². The second-order valence-corrected chi connectivity index (χ2v) is 5.19. The lowest BCUT2D eigenvalue weighted by Crippen LogP contribution is -1.89. The Morgan fingerprint density at radius 1 is 1.06 bits per heavy atom. The fraction of sp³-hybridized carbons (Fsp3) is 0.